The fourth-order valence-electron chi connectivity index (χ4n) is 2.81. The molecule has 29 heavy (non-hydrogen) atoms. The molecular weight excluding hydrogens is 390 g/mol. The third-order valence-corrected chi connectivity index (χ3v) is 4.69. The van der Waals surface area contributed by atoms with Gasteiger partial charge < -0.3 is 10.1 Å². The Hall–Kier alpha value is -3.12. The van der Waals surface area contributed by atoms with E-state index >= 15 is 0 Å². The number of aromatic nitrogens is 2. The summed E-state index contributed by atoms with van der Waals surface area (Å²) in [5, 5.41) is 7.82. The number of nitrogens with one attached hydrogen (secondary N) is 1. The summed E-state index contributed by atoms with van der Waals surface area (Å²) in [6.07, 6.45) is 4.70. The molecule has 2 aromatic carbocycles. The zero-order valence-electron chi connectivity index (χ0n) is 16.1. The van der Waals surface area contributed by atoms with Crippen LogP contribution in [0.25, 0.3) is 5.69 Å². The molecule has 1 N–H and O–H groups in total. The fourth-order valence-corrected chi connectivity index (χ4v) is 2.93. The largest absolute Gasteiger partial charge is 0.497 e. The molecule has 1 amide bonds. The van der Waals surface area contributed by atoms with E-state index in [4.69, 9.17) is 16.3 Å². The molecule has 7 heteroatoms. The molecule has 3 aromatic rings. The number of halogens is 1. The Morgan fingerprint density at radius 2 is 1.79 bits per heavy atom. The van der Waals surface area contributed by atoms with Crippen molar-refractivity contribution in [2.75, 3.05) is 7.11 Å². The van der Waals surface area contributed by atoms with Crippen molar-refractivity contribution in [3.63, 3.8) is 0 Å². The molecule has 0 saturated carbocycles. The monoisotopic (exact) mass is 411 g/mol. The molecule has 1 aromatic heterocycles. The molecule has 0 fully saturated rings. The van der Waals surface area contributed by atoms with Gasteiger partial charge in [-0.2, -0.15) is 5.10 Å². The lowest BCUT2D eigenvalue weighted by Crippen LogP contribution is -2.22. The lowest BCUT2D eigenvalue weighted by molar-refractivity contribution is -0.121. The first-order chi connectivity index (χ1) is 14.0. The van der Waals surface area contributed by atoms with Gasteiger partial charge in [0.25, 0.3) is 0 Å². The van der Waals surface area contributed by atoms with E-state index in [2.05, 4.69) is 10.4 Å². The number of rotatable bonds is 9. The predicted molar refractivity (Wildman–Crippen MR) is 112 cm³/mol. The standard InChI is InChI=1S/C22H22ClN3O3/c1-29-20-11-5-17(6-12-20)21(27)3-2-4-22(28)24-13-16-14-25-26(15-16)19-9-7-18(23)8-10-19/h5-12,14-15H,2-4,13H2,1H3,(H,24,28). The Balaban J connectivity index is 1.41. The Labute approximate surface area is 174 Å². The lowest BCUT2D eigenvalue weighted by atomic mass is 10.1. The van der Waals surface area contributed by atoms with Crippen molar-refractivity contribution in [3.05, 3.63) is 77.1 Å². The zero-order valence-corrected chi connectivity index (χ0v) is 16.9. The third kappa shape index (κ3) is 5.93. The van der Waals surface area contributed by atoms with E-state index in [-0.39, 0.29) is 11.7 Å². The van der Waals surface area contributed by atoms with Crippen LogP contribution in [0.15, 0.2) is 60.9 Å². The summed E-state index contributed by atoms with van der Waals surface area (Å²) < 4.78 is 6.81. The minimum Gasteiger partial charge on any atom is -0.497 e. The van der Waals surface area contributed by atoms with Gasteiger partial charge in [-0.1, -0.05) is 11.6 Å². The second-order valence-electron chi connectivity index (χ2n) is 6.55. The maximum absolute atomic E-state index is 12.2. The number of benzene rings is 2. The number of carbonyl (C=O) groups is 2. The molecule has 0 aliphatic heterocycles. The van der Waals surface area contributed by atoms with Gasteiger partial charge in [0.15, 0.2) is 5.78 Å². The minimum atomic E-state index is -0.0910. The molecule has 0 spiro atoms. The summed E-state index contributed by atoms with van der Waals surface area (Å²) in [7, 11) is 1.58. The number of hydrogen-bond acceptors (Lipinski definition) is 4. The summed E-state index contributed by atoms with van der Waals surface area (Å²) >= 11 is 5.89. The van der Waals surface area contributed by atoms with Gasteiger partial charge in [0.1, 0.15) is 5.75 Å². The van der Waals surface area contributed by atoms with E-state index < -0.39 is 0 Å². The van der Waals surface area contributed by atoms with Gasteiger partial charge in [-0.3, -0.25) is 9.59 Å². The van der Waals surface area contributed by atoms with Crippen LogP contribution in [0.1, 0.15) is 35.2 Å². The van der Waals surface area contributed by atoms with E-state index in [9.17, 15) is 9.59 Å². The summed E-state index contributed by atoms with van der Waals surface area (Å²) in [5.74, 6) is 0.636. The maximum atomic E-state index is 12.2. The van der Waals surface area contributed by atoms with Crippen LogP contribution >= 0.6 is 11.6 Å². The van der Waals surface area contributed by atoms with E-state index in [1.165, 1.54) is 0 Å². The van der Waals surface area contributed by atoms with Crippen molar-refractivity contribution in [1.29, 1.82) is 0 Å². The lowest BCUT2D eigenvalue weighted by Gasteiger charge is -2.05. The molecule has 150 valence electrons. The molecule has 0 aliphatic rings. The predicted octanol–water partition coefficient (Wildman–Crippen LogP) is 4.20. The molecule has 0 atom stereocenters. The number of ether oxygens (including phenoxy) is 1. The number of amides is 1. The third-order valence-electron chi connectivity index (χ3n) is 4.44. The Morgan fingerprint density at radius 1 is 1.07 bits per heavy atom. The molecule has 0 aliphatic carbocycles. The summed E-state index contributed by atoms with van der Waals surface area (Å²) in [5.41, 5.74) is 2.41. The quantitative estimate of drug-likeness (QED) is 0.535. The van der Waals surface area contributed by atoms with E-state index in [1.807, 2.05) is 18.3 Å². The number of carbonyl (C=O) groups excluding carboxylic acids is 2. The molecule has 0 radical (unpaired) electrons. The van der Waals surface area contributed by atoms with Gasteiger partial charge in [0, 0.05) is 41.7 Å². The van der Waals surface area contributed by atoms with Crippen molar-refractivity contribution >= 4 is 23.3 Å². The highest BCUT2D eigenvalue weighted by molar-refractivity contribution is 6.30. The van der Waals surface area contributed by atoms with Gasteiger partial charge in [0.2, 0.25) is 5.91 Å². The molecular formula is C22H22ClN3O3. The first kappa shape index (κ1) is 20.6. The van der Waals surface area contributed by atoms with Gasteiger partial charge in [-0.15, -0.1) is 0 Å². The summed E-state index contributed by atoms with van der Waals surface area (Å²) in [6.45, 7) is 0.388. The highest BCUT2D eigenvalue weighted by Gasteiger charge is 2.09. The van der Waals surface area contributed by atoms with E-state index in [1.54, 1.807) is 54.4 Å². The summed E-state index contributed by atoms with van der Waals surface area (Å²) in [6, 6.07) is 14.3. The number of nitrogens with zero attached hydrogens (tertiary/aromatic N) is 2. The van der Waals surface area contributed by atoms with Gasteiger partial charge >= 0.3 is 0 Å². The second kappa shape index (κ2) is 9.89. The SMILES string of the molecule is COc1ccc(C(=O)CCCC(=O)NCc2cnn(-c3ccc(Cl)cc3)c2)cc1. The maximum Gasteiger partial charge on any atom is 0.220 e. The zero-order chi connectivity index (χ0) is 20.6. The van der Waals surface area contributed by atoms with Crippen LogP contribution in [0.2, 0.25) is 5.02 Å². The van der Waals surface area contributed by atoms with Crippen LogP contribution in [-0.2, 0) is 11.3 Å². The number of Topliss-reactive ketones (excluding diaryl/α,β-unsaturated/α-hetero) is 1. The molecule has 0 unspecified atom stereocenters. The first-order valence-corrected chi connectivity index (χ1v) is 9.66. The van der Waals surface area contributed by atoms with Crippen molar-refractivity contribution in [1.82, 2.24) is 15.1 Å². The van der Waals surface area contributed by atoms with Crippen molar-refractivity contribution < 1.29 is 14.3 Å². The van der Waals surface area contributed by atoms with Crippen LogP contribution in [-0.4, -0.2) is 28.6 Å². The van der Waals surface area contributed by atoms with Crippen molar-refractivity contribution in [2.45, 2.75) is 25.8 Å². The van der Waals surface area contributed by atoms with Crippen LogP contribution < -0.4 is 10.1 Å². The normalized spacial score (nSPS) is 10.6. The Kier molecular flexibility index (Phi) is 7.03. The first-order valence-electron chi connectivity index (χ1n) is 9.28. The van der Waals surface area contributed by atoms with Crippen LogP contribution in [0.4, 0.5) is 0 Å². The number of ketones is 1. The minimum absolute atomic E-state index is 0.0182. The Bertz CT molecular complexity index is 966. The van der Waals surface area contributed by atoms with Gasteiger partial charge in [-0.25, -0.2) is 4.68 Å². The van der Waals surface area contributed by atoms with Crippen molar-refractivity contribution in [3.8, 4) is 11.4 Å². The van der Waals surface area contributed by atoms with Gasteiger partial charge in [0.05, 0.1) is 19.0 Å². The van der Waals surface area contributed by atoms with Gasteiger partial charge in [-0.05, 0) is 55.0 Å². The smallest absolute Gasteiger partial charge is 0.220 e. The molecule has 0 bridgehead atoms. The fraction of sp³-hybridized carbons (Fsp3) is 0.227. The summed E-state index contributed by atoms with van der Waals surface area (Å²) in [4.78, 5) is 24.2. The number of methoxy groups -OCH3 is 1. The molecule has 3 rings (SSSR count). The van der Waals surface area contributed by atoms with E-state index in [0.29, 0.717) is 42.1 Å². The highest BCUT2D eigenvalue weighted by Crippen LogP contribution is 2.15. The average molecular weight is 412 g/mol. The van der Waals surface area contributed by atoms with Crippen LogP contribution in [0, 0.1) is 0 Å². The second-order valence-corrected chi connectivity index (χ2v) is 6.99. The Morgan fingerprint density at radius 3 is 2.48 bits per heavy atom. The van der Waals surface area contributed by atoms with Crippen molar-refractivity contribution in [2.24, 2.45) is 0 Å². The topological polar surface area (TPSA) is 73.2 Å². The molecule has 0 saturated heterocycles. The number of hydrogen-bond donors (Lipinski definition) is 1. The molecule has 6 nitrogen and oxygen atoms in total. The molecule has 1 heterocycles. The average Bonchev–Trinajstić information content (AvgIpc) is 3.22. The van der Waals surface area contributed by atoms with Crippen LogP contribution in [0.5, 0.6) is 5.75 Å². The van der Waals surface area contributed by atoms with Crippen LogP contribution in [0.3, 0.4) is 0 Å². The highest BCUT2D eigenvalue weighted by atomic mass is 35.5. The van der Waals surface area contributed by atoms with E-state index in [0.717, 1.165) is 11.3 Å².